The molecule has 0 aromatic heterocycles. The first-order valence-electron chi connectivity index (χ1n) is 9.47. The van der Waals surface area contributed by atoms with Gasteiger partial charge in [-0.15, -0.1) is 0 Å². The SMILES string of the molecule is CN(Cc1ccccc1N1CCCC1)C(=O)[C@H]1C[C@H]1c1ccccc1F. The molecular weight excluding hydrogens is 327 g/mol. The lowest BCUT2D eigenvalue weighted by molar-refractivity contribution is -0.131. The van der Waals surface area contributed by atoms with Crippen molar-refractivity contribution in [3.8, 4) is 0 Å². The molecular formula is C22H25FN2O. The number of rotatable bonds is 5. The predicted molar refractivity (Wildman–Crippen MR) is 102 cm³/mol. The van der Waals surface area contributed by atoms with Crippen molar-refractivity contribution in [3.05, 3.63) is 65.5 Å². The molecule has 0 spiro atoms. The minimum atomic E-state index is -0.199. The molecule has 0 radical (unpaired) electrons. The van der Waals surface area contributed by atoms with Crippen molar-refractivity contribution in [1.82, 2.24) is 4.90 Å². The number of hydrogen-bond donors (Lipinski definition) is 0. The molecule has 1 amide bonds. The number of halogens is 1. The third-order valence-electron chi connectivity index (χ3n) is 5.63. The lowest BCUT2D eigenvalue weighted by atomic mass is 10.1. The van der Waals surface area contributed by atoms with Crippen molar-refractivity contribution in [2.45, 2.75) is 31.7 Å². The zero-order valence-electron chi connectivity index (χ0n) is 15.2. The van der Waals surface area contributed by atoms with Crippen molar-refractivity contribution in [2.75, 3.05) is 25.0 Å². The summed E-state index contributed by atoms with van der Waals surface area (Å²) in [7, 11) is 1.86. The van der Waals surface area contributed by atoms with Gasteiger partial charge in [-0.1, -0.05) is 36.4 Å². The van der Waals surface area contributed by atoms with E-state index >= 15 is 0 Å². The number of para-hydroxylation sites is 1. The average Bonchev–Trinajstić information content (AvgIpc) is 3.25. The van der Waals surface area contributed by atoms with Crippen LogP contribution in [0.1, 0.15) is 36.3 Å². The lowest BCUT2D eigenvalue weighted by Crippen LogP contribution is -2.29. The van der Waals surface area contributed by atoms with Gasteiger partial charge < -0.3 is 9.80 Å². The van der Waals surface area contributed by atoms with Crippen molar-refractivity contribution < 1.29 is 9.18 Å². The normalized spacial score (nSPS) is 21.7. The van der Waals surface area contributed by atoms with Crippen LogP contribution in [0.4, 0.5) is 10.1 Å². The maximum Gasteiger partial charge on any atom is 0.226 e. The van der Waals surface area contributed by atoms with Gasteiger partial charge in [0.2, 0.25) is 5.91 Å². The van der Waals surface area contributed by atoms with Gasteiger partial charge in [-0.2, -0.15) is 0 Å². The zero-order chi connectivity index (χ0) is 18.1. The Hall–Kier alpha value is -2.36. The molecule has 3 nitrogen and oxygen atoms in total. The van der Waals surface area contributed by atoms with Crippen molar-refractivity contribution in [1.29, 1.82) is 0 Å². The van der Waals surface area contributed by atoms with Crippen LogP contribution in [0.15, 0.2) is 48.5 Å². The van der Waals surface area contributed by atoms with Crippen LogP contribution in [-0.4, -0.2) is 30.9 Å². The van der Waals surface area contributed by atoms with E-state index in [0.29, 0.717) is 12.1 Å². The van der Waals surface area contributed by atoms with Gasteiger partial charge in [-0.05, 0) is 48.4 Å². The van der Waals surface area contributed by atoms with E-state index in [1.54, 1.807) is 17.0 Å². The molecule has 1 aliphatic carbocycles. The fourth-order valence-electron chi connectivity index (χ4n) is 4.12. The number of carbonyl (C=O) groups excluding carboxylic acids is 1. The van der Waals surface area contributed by atoms with Gasteiger partial charge in [0, 0.05) is 38.3 Å². The fraction of sp³-hybridized carbons (Fsp3) is 0.409. The molecule has 1 aliphatic heterocycles. The van der Waals surface area contributed by atoms with E-state index in [1.165, 1.54) is 30.2 Å². The minimum absolute atomic E-state index is 0.0278. The molecule has 0 unspecified atom stereocenters. The topological polar surface area (TPSA) is 23.6 Å². The summed E-state index contributed by atoms with van der Waals surface area (Å²) in [6.45, 7) is 2.78. The van der Waals surface area contributed by atoms with Crippen LogP contribution in [0.25, 0.3) is 0 Å². The molecule has 1 saturated heterocycles. The second kappa shape index (κ2) is 7.10. The summed E-state index contributed by atoms with van der Waals surface area (Å²) in [6.07, 6.45) is 3.21. The zero-order valence-corrected chi connectivity index (χ0v) is 15.2. The average molecular weight is 352 g/mol. The van der Waals surface area contributed by atoms with Crippen LogP contribution < -0.4 is 4.90 Å². The van der Waals surface area contributed by atoms with Crippen molar-refractivity contribution >= 4 is 11.6 Å². The first kappa shape index (κ1) is 17.1. The lowest BCUT2D eigenvalue weighted by Gasteiger charge is -2.24. The molecule has 2 atom stereocenters. The van der Waals surface area contributed by atoms with Gasteiger partial charge >= 0.3 is 0 Å². The van der Waals surface area contributed by atoms with Crippen molar-refractivity contribution in [3.63, 3.8) is 0 Å². The Morgan fingerprint density at radius 3 is 2.58 bits per heavy atom. The van der Waals surface area contributed by atoms with Crippen LogP contribution in [-0.2, 0) is 11.3 Å². The molecule has 2 aromatic rings. The van der Waals surface area contributed by atoms with Gasteiger partial charge in [0.05, 0.1) is 0 Å². The smallest absolute Gasteiger partial charge is 0.226 e. The molecule has 2 fully saturated rings. The van der Waals surface area contributed by atoms with E-state index in [1.807, 2.05) is 19.2 Å². The van der Waals surface area contributed by atoms with Gasteiger partial charge in [-0.3, -0.25) is 4.79 Å². The number of amides is 1. The largest absolute Gasteiger partial charge is 0.371 e. The van der Waals surface area contributed by atoms with E-state index in [9.17, 15) is 9.18 Å². The van der Waals surface area contributed by atoms with Gasteiger partial charge in [0.25, 0.3) is 0 Å². The molecule has 1 heterocycles. The van der Waals surface area contributed by atoms with Crippen LogP contribution in [0.2, 0.25) is 0 Å². The van der Waals surface area contributed by atoms with Crippen LogP contribution in [0.3, 0.4) is 0 Å². The monoisotopic (exact) mass is 352 g/mol. The van der Waals surface area contributed by atoms with Gasteiger partial charge in [0.1, 0.15) is 5.82 Å². The van der Waals surface area contributed by atoms with E-state index in [-0.39, 0.29) is 23.6 Å². The molecule has 4 heteroatoms. The minimum Gasteiger partial charge on any atom is -0.371 e. The third kappa shape index (κ3) is 3.33. The fourth-order valence-corrected chi connectivity index (χ4v) is 4.12. The van der Waals surface area contributed by atoms with Gasteiger partial charge in [0.15, 0.2) is 0 Å². The summed E-state index contributed by atoms with van der Waals surface area (Å²) in [6, 6.07) is 15.2. The number of benzene rings is 2. The highest BCUT2D eigenvalue weighted by molar-refractivity contribution is 5.83. The Labute approximate surface area is 154 Å². The number of nitrogens with zero attached hydrogens (tertiary/aromatic N) is 2. The molecule has 2 aliphatic rings. The maximum atomic E-state index is 14.0. The molecule has 0 bridgehead atoms. The molecule has 26 heavy (non-hydrogen) atoms. The summed E-state index contributed by atoms with van der Waals surface area (Å²) in [4.78, 5) is 17.0. The van der Waals surface area contributed by atoms with Gasteiger partial charge in [-0.25, -0.2) is 4.39 Å². The van der Waals surface area contributed by atoms with E-state index < -0.39 is 0 Å². The number of anilines is 1. The van der Waals surface area contributed by atoms with Crippen LogP contribution >= 0.6 is 0 Å². The number of hydrogen-bond acceptors (Lipinski definition) is 2. The Bertz CT molecular complexity index is 800. The highest BCUT2D eigenvalue weighted by Crippen LogP contribution is 2.49. The summed E-state index contributed by atoms with van der Waals surface area (Å²) >= 11 is 0. The maximum absolute atomic E-state index is 14.0. The second-order valence-electron chi connectivity index (χ2n) is 7.49. The Morgan fingerprint density at radius 1 is 1.12 bits per heavy atom. The van der Waals surface area contributed by atoms with Crippen molar-refractivity contribution in [2.24, 2.45) is 5.92 Å². The second-order valence-corrected chi connectivity index (χ2v) is 7.49. The number of carbonyl (C=O) groups is 1. The standard InChI is InChI=1S/C22H25FN2O/c1-24(15-16-8-2-5-11-21(16)25-12-6-7-13-25)22(26)19-14-18(19)17-9-3-4-10-20(17)23/h2-5,8-11,18-19H,6-7,12-15H2,1H3/t18-,19-/m0/s1. The molecule has 0 N–H and O–H groups in total. The Morgan fingerprint density at radius 2 is 1.81 bits per heavy atom. The highest BCUT2D eigenvalue weighted by atomic mass is 19.1. The third-order valence-corrected chi connectivity index (χ3v) is 5.63. The van der Waals surface area contributed by atoms with Crippen LogP contribution in [0.5, 0.6) is 0 Å². The van der Waals surface area contributed by atoms with E-state index in [4.69, 9.17) is 0 Å². The molecule has 4 rings (SSSR count). The summed E-state index contributed by atoms with van der Waals surface area (Å²) in [5, 5.41) is 0. The quantitative estimate of drug-likeness (QED) is 0.806. The summed E-state index contributed by atoms with van der Waals surface area (Å²) in [5.74, 6) is -0.139. The first-order valence-corrected chi connectivity index (χ1v) is 9.47. The Balaban J connectivity index is 1.44. The van der Waals surface area contributed by atoms with E-state index in [0.717, 1.165) is 19.5 Å². The predicted octanol–water partition coefficient (Wildman–Crippen LogP) is 4.19. The van der Waals surface area contributed by atoms with Crippen LogP contribution in [0, 0.1) is 11.7 Å². The molecule has 2 aromatic carbocycles. The molecule has 1 saturated carbocycles. The first-order chi connectivity index (χ1) is 12.6. The summed E-state index contributed by atoms with van der Waals surface area (Å²) in [5.41, 5.74) is 3.11. The summed E-state index contributed by atoms with van der Waals surface area (Å²) < 4.78 is 14.0. The highest BCUT2D eigenvalue weighted by Gasteiger charge is 2.46. The Kier molecular flexibility index (Phi) is 4.66. The molecule has 136 valence electrons. The van der Waals surface area contributed by atoms with E-state index in [2.05, 4.69) is 23.1 Å².